The van der Waals surface area contributed by atoms with Gasteiger partial charge < -0.3 is 20.2 Å². The van der Waals surface area contributed by atoms with E-state index in [1.165, 1.54) is 0 Å². The van der Waals surface area contributed by atoms with Crippen molar-refractivity contribution in [2.24, 2.45) is 10.9 Å². The second-order valence-corrected chi connectivity index (χ2v) is 6.95. The van der Waals surface area contributed by atoms with Gasteiger partial charge in [-0.1, -0.05) is 6.92 Å². The molecule has 0 amide bonds. The molecule has 1 aliphatic heterocycles. The molecule has 1 aromatic rings. The zero-order valence-electron chi connectivity index (χ0n) is 14.8. The van der Waals surface area contributed by atoms with Gasteiger partial charge in [0, 0.05) is 32.2 Å². The Morgan fingerprint density at radius 3 is 2.78 bits per heavy atom. The lowest BCUT2D eigenvalue weighted by molar-refractivity contribution is 0.0385. The predicted molar refractivity (Wildman–Crippen MR) is 92.4 cm³/mol. The summed E-state index contributed by atoms with van der Waals surface area (Å²) >= 11 is 0. The topological polar surface area (TPSA) is 73.0 Å². The van der Waals surface area contributed by atoms with E-state index in [0.717, 1.165) is 13.1 Å². The monoisotopic (exact) mass is 322 g/mol. The Bertz CT molecular complexity index is 511. The first kappa shape index (κ1) is 17.8. The van der Waals surface area contributed by atoms with E-state index in [0.29, 0.717) is 36.3 Å². The van der Waals surface area contributed by atoms with Crippen molar-refractivity contribution >= 4 is 5.96 Å². The number of nitrogens with zero attached hydrogens (tertiary/aromatic N) is 2. The van der Waals surface area contributed by atoms with E-state index in [1.807, 2.05) is 0 Å². The number of aliphatic imine (C=N–C) groups is 1. The minimum absolute atomic E-state index is 0.329. The van der Waals surface area contributed by atoms with Crippen LogP contribution < -0.4 is 10.6 Å². The molecule has 3 atom stereocenters. The molecule has 2 rings (SSSR count). The Kier molecular flexibility index (Phi) is 5.70. The van der Waals surface area contributed by atoms with Crippen molar-refractivity contribution < 1.29 is 9.52 Å². The van der Waals surface area contributed by atoms with Crippen LogP contribution in [-0.2, 0) is 5.60 Å². The fourth-order valence-corrected chi connectivity index (χ4v) is 2.91. The molecule has 2 heterocycles. The molecule has 1 aromatic heterocycles. The van der Waals surface area contributed by atoms with Crippen LogP contribution in [0.25, 0.3) is 0 Å². The molecule has 0 aliphatic carbocycles. The smallest absolute Gasteiger partial charge is 0.191 e. The van der Waals surface area contributed by atoms with Crippen LogP contribution in [0.1, 0.15) is 33.5 Å². The van der Waals surface area contributed by atoms with Crippen molar-refractivity contribution in [2.45, 2.75) is 45.4 Å². The zero-order valence-corrected chi connectivity index (χ0v) is 14.8. The molecule has 3 unspecified atom stereocenters. The maximum atomic E-state index is 10.5. The third kappa shape index (κ3) is 4.48. The van der Waals surface area contributed by atoms with Crippen LogP contribution >= 0.6 is 0 Å². The van der Waals surface area contributed by atoms with Crippen LogP contribution in [-0.4, -0.2) is 54.7 Å². The molecule has 6 heteroatoms. The molecule has 23 heavy (non-hydrogen) atoms. The minimum atomic E-state index is -1.08. The van der Waals surface area contributed by atoms with Gasteiger partial charge in [-0.15, -0.1) is 0 Å². The molecule has 130 valence electrons. The molecule has 1 fully saturated rings. The second kappa shape index (κ2) is 7.36. The van der Waals surface area contributed by atoms with Crippen LogP contribution in [0.3, 0.4) is 0 Å². The fourth-order valence-electron chi connectivity index (χ4n) is 2.91. The lowest BCUT2D eigenvalue weighted by Gasteiger charge is -2.25. The zero-order chi connectivity index (χ0) is 17.0. The first-order valence-electron chi connectivity index (χ1n) is 8.31. The summed E-state index contributed by atoms with van der Waals surface area (Å²) in [6.45, 7) is 10.9. The SMILES string of the molecule is CN=C(NCC(C)(O)c1ccco1)NC1CN(C(C)C)CC1C. The maximum absolute atomic E-state index is 10.5. The fraction of sp³-hybridized carbons (Fsp3) is 0.706. The molecular weight excluding hydrogens is 292 g/mol. The first-order chi connectivity index (χ1) is 10.8. The average molecular weight is 322 g/mol. The number of hydrogen-bond acceptors (Lipinski definition) is 4. The Morgan fingerprint density at radius 1 is 1.52 bits per heavy atom. The predicted octanol–water partition coefficient (Wildman–Crippen LogP) is 1.38. The molecule has 0 aromatic carbocycles. The Balaban J connectivity index is 1.89. The van der Waals surface area contributed by atoms with Crippen molar-refractivity contribution in [1.29, 1.82) is 0 Å². The molecule has 1 aliphatic rings. The van der Waals surface area contributed by atoms with Crippen molar-refractivity contribution in [3.63, 3.8) is 0 Å². The van der Waals surface area contributed by atoms with Gasteiger partial charge in [-0.3, -0.25) is 9.89 Å². The number of nitrogens with one attached hydrogen (secondary N) is 2. The molecule has 0 saturated carbocycles. The molecule has 1 saturated heterocycles. The van der Waals surface area contributed by atoms with E-state index in [-0.39, 0.29) is 0 Å². The summed E-state index contributed by atoms with van der Waals surface area (Å²) in [5.41, 5.74) is -1.08. The van der Waals surface area contributed by atoms with Gasteiger partial charge in [0.25, 0.3) is 0 Å². The highest BCUT2D eigenvalue weighted by molar-refractivity contribution is 5.80. The largest absolute Gasteiger partial charge is 0.466 e. The van der Waals surface area contributed by atoms with Gasteiger partial charge in [0.1, 0.15) is 11.4 Å². The average Bonchev–Trinajstić information content (AvgIpc) is 3.14. The summed E-state index contributed by atoms with van der Waals surface area (Å²) in [5, 5.41) is 17.2. The normalized spacial score (nSPS) is 25.6. The van der Waals surface area contributed by atoms with Gasteiger partial charge in [0.05, 0.1) is 12.8 Å². The minimum Gasteiger partial charge on any atom is -0.466 e. The third-order valence-corrected chi connectivity index (χ3v) is 4.57. The van der Waals surface area contributed by atoms with Crippen LogP contribution in [0, 0.1) is 5.92 Å². The quantitative estimate of drug-likeness (QED) is 0.564. The molecule has 6 nitrogen and oxygen atoms in total. The summed E-state index contributed by atoms with van der Waals surface area (Å²) < 4.78 is 5.30. The Labute approximate surface area is 139 Å². The molecule has 0 bridgehead atoms. The van der Waals surface area contributed by atoms with E-state index in [1.54, 1.807) is 32.4 Å². The molecule has 0 spiro atoms. The van der Waals surface area contributed by atoms with E-state index in [4.69, 9.17) is 4.42 Å². The summed E-state index contributed by atoms with van der Waals surface area (Å²) in [6, 6.07) is 4.46. The lowest BCUT2D eigenvalue weighted by atomic mass is 10.0. The van der Waals surface area contributed by atoms with Gasteiger partial charge in [-0.25, -0.2) is 0 Å². The molecule has 0 radical (unpaired) electrons. The highest BCUT2D eigenvalue weighted by Crippen LogP contribution is 2.20. The summed E-state index contributed by atoms with van der Waals surface area (Å²) in [6.07, 6.45) is 1.57. The summed E-state index contributed by atoms with van der Waals surface area (Å²) in [7, 11) is 1.75. The van der Waals surface area contributed by atoms with Crippen LogP contribution in [0.4, 0.5) is 0 Å². The number of guanidine groups is 1. The van der Waals surface area contributed by atoms with Crippen molar-refractivity contribution in [1.82, 2.24) is 15.5 Å². The van der Waals surface area contributed by atoms with Crippen LogP contribution in [0.15, 0.2) is 27.8 Å². The molecule has 3 N–H and O–H groups in total. The van der Waals surface area contributed by atoms with Gasteiger partial charge in [-0.2, -0.15) is 0 Å². The van der Waals surface area contributed by atoms with Crippen molar-refractivity contribution in [3.8, 4) is 0 Å². The standard InChI is InChI=1S/C17H30N4O2/c1-12(2)21-9-13(3)14(10-21)20-16(18-5)19-11-17(4,22)15-7-6-8-23-15/h6-8,12-14,22H,9-11H2,1-5H3,(H2,18,19,20). The van der Waals surface area contributed by atoms with Crippen molar-refractivity contribution in [2.75, 3.05) is 26.7 Å². The van der Waals surface area contributed by atoms with E-state index in [9.17, 15) is 5.11 Å². The number of likely N-dealkylation sites (tertiary alicyclic amines) is 1. The Hall–Kier alpha value is -1.53. The van der Waals surface area contributed by atoms with Gasteiger partial charge in [-0.05, 0) is 38.8 Å². The van der Waals surface area contributed by atoms with Gasteiger partial charge in [0.15, 0.2) is 5.96 Å². The second-order valence-electron chi connectivity index (χ2n) is 6.95. The Morgan fingerprint density at radius 2 is 2.26 bits per heavy atom. The third-order valence-electron chi connectivity index (χ3n) is 4.57. The first-order valence-corrected chi connectivity index (χ1v) is 8.31. The number of furan rings is 1. The van der Waals surface area contributed by atoms with E-state index in [2.05, 4.69) is 41.3 Å². The number of rotatable bonds is 5. The number of hydrogen-bond donors (Lipinski definition) is 3. The van der Waals surface area contributed by atoms with Gasteiger partial charge in [0.2, 0.25) is 0 Å². The highest BCUT2D eigenvalue weighted by atomic mass is 16.4. The summed E-state index contributed by atoms with van der Waals surface area (Å²) in [4.78, 5) is 6.74. The lowest BCUT2D eigenvalue weighted by Crippen LogP contribution is -2.49. The maximum Gasteiger partial charge on any atom is 0.191 e. The van der Waals surface area contributed by atoms with Crippen LogP contribution in [0.5, 0.6) is 0 Å². The van der Waals surface area contributed by atoms with Crippen LogP contribution in [0.2, 0.25) is 0 Å². The van der Waals surface area contributed by atoms with E-state index < -0.39 is 5.60 Å². The number of aliphatic hydroxyl groups is 1. The van der Waals surface area contributed by atoms with E-state index >= 15 is 0 Å². The highest BCUT2D eigenvalue weighted by Gasteiger charge is 2.32. The molecular formula is C17H30N4O2. The van der Waals surface area contributed by atoms with Crippen molar-refractivity contribution in [3.05, 3.63) is 24.2 Å². The van der Waals surface area contributed by atoms with Gasteiger partial charge >= 0.3 is 0 Å². The summed E-state index contributed by atoms with van der Waals surface area (Å²) in [5.74, 6) is 1.81.